The number of imidazole rings is 1. The Balaban J connectivity index is 1.71. The molecule has 0 aliphatic carbocycles. The maximum absolute atomic E-state index is 4.63. The molecule has 4 aromatic rings. The van der Waals surface area contributed by atoms with Crippen LogP contribution in [0, 0.1) is 0 Å². The molecule has 0 fully saturated rings. The normalized spacial score (nSPS) is 11.1. The number of anilines is 3. The zero-order chi connectivity index (χ0) is 18.6. The van der Waals surface area contributed by atoms with Crippen LogP contribution in [-0.4, -0.2) is 34.5 Å². The van der Waals surface area contributed by atoms with Crippen LogP contribution in [0.2, 0.25) is 0 Å². The van der Waals surface area contributed by atoms with Crippen molar-refractivity contribution in [2.75, 3.05) is 10.6 Å². The van der Waals surface area contributed by atoms with Gasteiger partial charge in [-0.3, -0.25) is 4.98 Å². The first-order chi connectivity index (χ1) is 13.2. The summed E-state index contributed by atoms with van der Waals surface area (Å²) in [4.78, 5) is 26.0. The lowest BCUT2D eigenvalue weighted by Crippen LogP contribution is -2.08. The molecule has 0 spiro atoms. The minimum Gasteiger partial charge on any atom is -0.364 e. The van der Waals surface area contributed by atoms with Gasteiger partial charge < -0.3 is 15.2 Å². The topological polar surface area (TPSA) is 106 Å². The van der Waals surface area contributed by atoms with Gasteiger partial charge in [-0.1, -0.05) is 6.07 Å². The Kier molecular flexibility index (Phi) is 4.56. The van der Waals surface area contributed by atoms with Gasteiger partial charge in [-0.25, -0.2) is 15.0 Å². The van der Waals surface area contributed by atoms with Gasteiger partial charge in [-0.05, 0) is 31.5 Å². The van der Waals surface area contributed by atoms with Gasteiger partial charge in [0.1, 0.15) is 12.1 Å². The van der Waals surface area contributed by atoms with E-state index in [1.807, 2.05) is 22.9 Å². The average molecular weight is 361 g/mol. The van der Waals surface area contributed by atoms with E-state index in [0.29, 0.717) is 24.1 Å². The van der Waals surface area contributed by atoms with E-state index >= 15 is 0 Å². The van der Waals surface area contributed by atoms with E-state index in [1.54, 1.807) is 24.8 Å². The van der Waals surface area contributed by atoms with Gasteiger partial charge in [-0.15, -0.1) is 0 Å². The highest BCUT2D eigenvalue weighted by Gasteiger charge is 2.15. The molecular weight excluding hydrogens is 342 g/mol. The molecule has 4 aromatic heterocycles. The zero-order valence-electron chi connectivity index (χ0n) is 15.0. The lowest BCUT2D eigenvalue weighted by Gasteiger charge is -2.11. The number of pyridine rings is 1. The van der Waals surface area contributed by atoms with Crippen LogP contribution in [0.25, 0.3) is 11.2 Å². The molecule has 2 N–H and O–H groups in total. The second-order valence-corrected chi connectivity index (χ2v) is 6.25. The first-order valence-electron chi connectivity index (χ1n) is 8.61. The third kappa shape index (κ3) is 3.66. The van der Waals surface area contributed by atoms with Crippen molar-refractivity contribution >= 4 is 28.7 Å². The Morgan fingerprint density at radius 1 is 1.07 bits per heavy atom. The van der Waals surface area contributed by atoms with Crippen LogP contribution in [-0.2, 0) is 6.54 Å². The van der Waals surface area contributed by atoms with Gasteiger partial charge in [-0.2, -0.15) is 9.97 Å². The summed E-state index contributed by atoms with van der Waals surface area (Å²) in [5.74, 6) is 1.72. The van der Waals surface area contributed by atoms with E-state index in [1.165, 1.54) is 6.33 Å². The minimum absolute atomic E-state index is 0.225. The third-order valence-electron chi connectivity index (χ3n) is 3.98. The molecule has 4 rings (SSSR count). The lowest BCUT2D eigenvalue weighted by atomic mass is 10.3. The average Bonchev–Trinajstić information content (AvgIpc) is 3.12. The Bertz CT molecular complexity index is 1030. The van der Waals surface area contributed by atoms with E-state index in [9.17, 15) is 0 Å². The van der Waals surface area contributed by atoms with Crippen LogP contribution in [0.4, 0.5) is 17.6 Å². The number of hydrogen-bond acceptors (Lipinski definition) is 8. The molecule has 0 saturated heterocycles. The molecule has 0 unspecified atom stereocenters. The number of aromatic nitrogens is 7. The number of hydrogen-bond donors (Lipinski definition) is 2. The summed E-state index contributed by atoms with van der Waals surface area (Å²) >= 11 is 0. The Morgan fingerprint density at radius 3 is 2.74 bits per heavy atom. The Morgan fingerprint density at radius 2 is 2.00 bits per heavy atom. The highest BCUT2D eigenvalue weighted by Crippen LogP contribution is 2.24. The first kappa shape index (κ1) is 16.8. The maximum Gasteiger partial charge on any atom is 0.232 e. The fraction of sp³-hybridized carbons (Fsp3) is 0.222. The predicted octanol–water partition coefficient (Wildman–Crippen LogP) is 2.95. The Labute approximate surface area is 156 Å². The van der Waals surface area contributed by atoms with Crippen molar-refractivity contribution in [1.29, 1.82) is 0 Å². The molecule has 0 amide bonds. The van der Waals surface area contributed by atoms with Gasteiger partial charge in [0, 0.05) is 31.2 Å². The standard InChI is InChI=1S/C18H19N9/c1-12(2)27-11-23-15-16(21-9-13-4-3-6-19-8-13)25-18(26-17(15)27)24-14-5-7-20-10-22-14/h3-8,10-12H,9H2,1-2H3,(H2,20,21,22,24,25,26). The van der Waals surface area contributed by atoms with Crippen molar-refractivity contribution in [2.45, 2.75) is 26.4 Å². The predicted molar refractivity (Wildman–Crippen MR) is 103 cm³/mol. The fourth-order valence-corrected chi connectivity index (χ4v) is 2.64. The molecule has 27 heavy (non-hydrogen) atoms. The molecule has 0 saturated carbocycles. The molecule has 0 radical (unpaired) electrons. The largest absolute Gasteiger partial charge is 0.364 e. The summed E-state index contributed by atoms with van der Waals surface area (Å²) in [7, 11) is 0. The minimum atomic E-state index is 0.225. The number of nitrogens with one attached hydrogen (secondary N) is 2. The van der Waals surface area contributed by atoms with Crippen LogP contribution in [0.1, 0.15) is 25.5 Å². The molecule has 0 atom stereocenters. The summed E-state index contributed by atoms with van der Waals surface area (Å²) in [6.07, 6.45) is 8.49. The van der Waals surface area contributed by atoms with Crippen molar-refractivity contribution in [2.24, 2.45) is 0 Å². The van der Waals surface area contributed by atoms with Crippen LogP contribution in [0.15, 0.2) is 49.4 Å². The summed E-state index contributed by atoms with van der Waals surface area (Å²) in [6.45, 7) is 4.76. The number of rotatable bonds is 6. The van der Waals surface area contributed by atoms with Crippen molar-refractivity contribution in [3.63, 3.8) is 0 Å². The monoisotopic (exact) mass is 361 g/mol. The number of nitrogens with zero attached hydrogens (tertiary/aromatic N) is 7. The highest BCUT2D eigenvalue weighted by molar-refractivity contribution is 5.84. The van der Waals surface area contributed by atoms with Gasteiger partial charge in [0.2, 0.25) is 5.95 Å². The van der Waals surface area contributed by atoms with E-state index in [0.717, 1.165) is 16.7 Å². The van der Waals surface area contributed by atoms with Crippen LogP contribution in [0.5, 0.6) is 0 Å². The summed E-state index contributed by atoms with van der Waals surface area (Å²) in [5.41, 5.74) is 2.53. The van der Waals surface area contributed by atoms with Gasteiger partial charge >= 0.3 is 0 Å². The van der Waals surface area contributed by atoms with Crippen molar-refractivity contribution in [3.05, 3.63) is 55.0 Å². The lowest BCUT2D eigenvalue weighted by molar-refractivity contribution is 0.613. The molecule has 9 nitrogen and oxygen atoms in total. The first-order valence-corrected chi connectivity index (χ1v) is 8.61. The van der Waals surface area contributed by atoms with E-state index in [-0.39, 0.29) is 6.04 Å². The molecule has 0 aromatic carbocycles. The number of fused-ring (bicyclic) bond motifs is 1. The quantitative estimate of drug-likeness (QED) is 0.540. The SMILES string of the molecule is CC(C)n1cnc2c(NCc3cccnc3)nc(Nc3ccncn3)nc21. The molecule has 0 aliphatic heterocycles. The molecule has 136 valence electrons. The summed E-state index contributed by atoms with van der Waals surface area (Å²) in [5, 5.41) is 6.47. The summed E-state index contributed by atoms with van der Waals surface area (Å²) < 4.78 is 2.01. The van der Waals surface area contributed by atoms with Gasteiger partial charge in [0.25, 0.3) is 0 Å². The van der Waals surface area contributed by atoms with Crippen LogP contribution < -0.4 is 10.6 Å². The fourth-order valence-electron chi connectivity index (χ4n) is 2.64. The highest BCUT2D eigenvalue weighted by atomic mass is 15.2. The van der Waals surface area contributed by atoms with Crippen molar-refractivity contribution < 1.29 is 0 Å². The third-order valence-corrected chi connectivity index (χ3v) is 3.98. The van der Waals surface area contributed by atoms with Crippen molar-refractivity contribution in [1.82, 2.24) is 34.5 Å². The van der Waals surface area contributed by atoms with Crippen LogP contribution >= 0.6 is 0 Å². The van der Waals surface area contributed by atoms with Crippen molar-refractivity contribution in [3.8, 4) is 0 Å². The van der Waals surface area contributed by atoms with E-state index in [4.69, 9.17) is 0 Å². The van der Waals surface area contributed by atoms with Gasteiger partial charge in [0.15, 0.2) is 17.0 Å². The summed E-state index contributed by atoms with van der Waals surface area (Å²) in [6, 6.07) is 5.89. The molecular formula is C18H19N9. The molecule has 0 aliphatic rings. The maximum atomic E-state index is 4.63. The molecule has 4 heterocycles. The molecule has 9 heteroatoms. The van der Waals surface area contributed by atoms with E-state index in [2.05, 4.69) is 54.4 Å². The van der Waals surface area contributed by atoms with Gasteiger partial charge in [0.05, 0.1) is 6.33 Å². The molecule has 0 bridgehead atoms. The van der Waals surface area contributed by atoms with Crippen LogP contribution in [0.3, 0.4) is 0 Å². The second kappa shape index (κ2) is 7.32. The smallest absolute Gasteiger partial charge is 0.232 e. The zero-order valence-corrected chi connectivity index (χ0v) is 15.0. The Hall–Kier alpha value is -3.62. The van der Waals surface area contributed by atoms with E-state index < -0.39 is 0 Å². The second-order valence-electron chi connectivity index (χ2n) is 6.25.